The van der Waals surface area contributed by atoms with Crippen molar-refractivity contribution in [1.82, 2.24) is 4.98 Å². The summed E-state index contributed by atoms with van der Waals surface area (Å²) < 4.78 is 0.628. The minimum atomic E-state index is -0.315. The maximum absolute atomic E-state index is 12.3. The van der Waals surface area contributed by atoms with Gasteiger partial charge < -0.3 is 16.4 Å². The molecule has 1 aromatic heterocycles. The molecule has 5 nitrogen and oxygen atoms in total. The fraction of sp³-hybridized carbons (Fsp3) is 0.231. The summed E-state index contributed by atoms with van der Waals surface area (Å²) in [7, 11) is 0. The van der Waals surface area contributed by atoms with Crippen molar-refractivity contribution in [3.8, 4) is 0 Å². The van der Waals surface area contributed by atoms with Crippen LogP contribution in [0.15, 0.2) is 22.7 Å². The number of amides is 1. The molecule has 0 fully saturated rings. The summed E-state index contributed by atoms with van der Waals surface area (Å²) in [6.07, 6.45) is 0. The summed E-state index contributed by atoms with van der Waals surface area (Å²) in [6.45, 7) is 3.97. The van der Waals surface area contributed by atoms with E-state index in [-0.39, 0.29) is 17.8 Å². The number of benzene rings is 1. The Labute approximate surface area is 140 Å². The Balaban J connectivity index is 2.20. The van der Waals surface area contributed by atoms with Crippen molar-refractivity contribution in [2.24, 2.45) is 0 Å². The highest BCUT2D eigenvalue weighted by atomic mass is 79.9. The molecule has 0 unspecified atom stereocenters. The van der Waals surface area contributed by atoms with Crippen LogP contribution in [0.2, 0.25) is 5.02 Å². The molecule has 0 aliphatic heterocycles. The number of carbonyl (C=O) groups excluding carboxylic acids is 1. The number of halogens is 2. The highest BCUT2D eigenvalue weighted by molar-refractivity contribution is 9.10. The van der Waals surface area contributed by atoms with E-state index in [0.29, 0.717) is 25.2 Å². The lowest BCUT2D eigenvalue weighted by Gasteiger charge is -2.07. The SMILES string of the molecule is CC(C)Nc1nc(N)c(C(=O)Nc2cccc(Cl)c2Br)s1. The predicted molar refractivity (Wildman–Crippen MR) is 92.4 cm³/mol. The van der Waals surface area contributed by atoms with Crippen molar-refractivity contribution in [3.05, 3.63) is 32.6 Å². The van der Waals surface area contributed by atoms with E-state index in [0.717, 1.165) is 0 Å². The Kier molecular flexibility index (Phi) is 5.08. The lowest BCUT2D eigenvalue weighted by Crippen LogP contribution is -2.12. The largest absolute Gasteiger partial charge is 0.382 e. The molecule has 0 radical (unpaired) electrons. The molecule has 4 N–H and O–H groups in total. The van der Waals surface area contributed by atoms with Crippen molar-refractivity contribution in [3.63, 3.8) is 0 Å². The van der Waals surface area contributed by atoms with Gasteiger partial charge in [0, 0.05) is 6.04 Å². The van der Waals surface area contributed by atoms with E-state index in [1.165, 1.54) is 11.3 Å². The third-order valence-electron chi connectivity index (χ3n) is 2.47. The smallest absolute Gasteiger partial charge is 0.269 e. The van der Waals surface area contributed by atoms with Gasteiger partial charge in [0.25, 0.3) is 5.91 Å². The second-order valence-electron chi connectivity index (χ2n) is 4.59. The number of nitrogens with two attached hydrogens (primary N) is 1. The molecule has 1 amide bonds. The normalized spacial score (nSPS) is 10.7. The summed E-state index contributed by atoms with van der Waals surface area (Å²) in [5.41, 5.74) is 6.38. The van der Waals surface area contributed by atoms with Crippen molar-refractivity contribution in [2.75, 3.05) is 16.4 Å². The number of aromatic nitrogens is 1. The van der Waals surface area contributed by atoms with Gasteiger partial charge in [0.2, 0.25) is 0 Å². The Morgan fingerprint density at radius 2 is 2.19 bits per heavy atom. The van der Waals surface area contributed by atoms with Crippen LogP contribution in [0, 0.1) is 0 Å². The Hall–Kier alpha value is -1.31. The minimum absolute atomic E-state index is 0.207. The third-order valence-corrected chi connectivity index (χ3v) is 4.87. The van der Waals surface area contributed by atoms with Crippen LogP contribution in [-0.2, 0) is 0 Å². The van der Waals surface area contributed by atoms with Crippen LogP contribution in [0.1, 0.15) is 23.5 Å². The summed E-state index contributed by atoms with van der Waals surface area (Å²) in [5.74, 6) is -0.108. The van der Waals surface area contributed by atoms with Crippen molar-refractivity contribution in [2.45, 2.75) is 19.9 Å². The van der Waals surface area contributed by atoms with Gasteiger partial charge in [-0.2, -0.15) is 0 Å². The fourth-order valence-electron chi connectivity index (χ4n) is 1.58. The van der Waals surface area contributed by atoms with Crippen molar-refractivity contribution in [1.29, 1.82) is 0 Å². The molecule has 2 aromatic rings. The number of nitrogen functional groups attached to an aromatic ring is 1. The summed E-state index contributed by atoms with van der Waals surface area (Å²) in [5, 5.41) is 7.03. The van der Waals surface area contributed by atoms with Gasteiger partial charge in [0.1, 0.15) is 10.7 Å². The number of carbonyl (C=O) groups is 1. The van der Waals surface area contributed by atoms with E-state index < -0.39 is 0 Å². The number of hydrogen-bond acceptors (Lipinski definition) is 5. The van der Waals surface area contributed by atoms with Crippen LogP contribution < -0.4 is 16.4 Å². The zero-order valence-corrected chi connectivity index (χ0v) is 14.6. The van der Waals surface area contributed by atoms with E-state index in [1.807, 2.05) is 13.8 Å². The molecule has 21 heavy (non-hydrogen) atoms. The maximum atomic E-state index is 12.3. The first kappa shape index (κ1) is 16.1. The first-order chi connectivity index (χ1) is 9.88. The molecule has 8 heteroatoms. The zero-order chi connectivity index (χ0) is 15.6. The van der Waals surface area contributed by atoms with E-state index in [9.17, 15) is 4.79 Å². The topological polar surface area (TPSA) is 80.0 Å². The standard InChI is InChI=1S/C13H14BrClN4OS/c1-6(2)17-13-19-11(16)10(21-13)12(20)18-8-5-3-4-7(15)9(8)14/h3-6H,16H2,1-2H3,(H,17,19)(H,18,20). The molecule has 2 rings (SSSR count). The van der Waals surface area contributed by atoms with E-state index in [2.05, 4.69) is 31.5 Å². The van der Waals surface area contributed by atoms with Gasteiger partial charge >= 0.3 is 0 Å². The maximum Gasteiger partial charge on any atom is 0.269 e. The molecule has 1 heterocycles. The quantitative estimate of drug-likeness (QED) is 0.731. The lowest BCUT2D eigenvalue weighted by atomic mass is 10.3. The van der Waals surface area contributed by atoms with Crippen LogP contribution in [0.25, 0.3) is 0 Å². The molecule has 1 aromatic carbocycles. The van der Waals surface area contributed by atoms with Crippen molar-refractivity contribution < 1.29 is 4.79 Å². The van der Waals surface area contributed by atoms with E-state index >= 15 is 0 Å². The van der Waals surface area contributed by atoms with Gasteiger partial charge in [-0.15, -0.1) is 0 Å². The van der Waals surface area contributed by atoms with Gasteiger partial charge in [-0.25, -0.2) is 4.98 Å². The average Bonchev–Trinajstić information content (AvgIpc) is 2.75. The van der Waals surface area contributed by atoms with Crippen LogP contribution in [0.5, 0.6) is 0 Å². The second-order valence-corrected chi connectivity index (χ2v) is 6.79. The van der Waals surface area contributed by atoms with Crippen LogP contribution in [-0.4, -0.2) is 16.9 Å². The number of thiazole rings is 1. The molecular formula is C13H14BrClN4OS. The number of rotatable bonds is 4. The summed E-state index contributed by atoms with van der Waals surface area (Å²) >= 11 is 10.5. The highest BCUT2D eigenvalue weighted by Gasteiger charge is 2.18. The first-order valence-corrected chi connectivity index (χ1v) is 8.15. The van der Waals surface area contributed by atoms with Crippen LogP contribution in [0.4, 0.5) is 16.6 Å². The average molecular weight is 390 g/mol. The van der Waals surface area contributed by atoms with Gasteiger partial charge in [-0.1, -0.05) is 29.0 Å². The van der Waals surface area contributed by atoms with Gasteiger partial charge in [-0.3, -0.25) is 4.79 Å². The van der Waals surface area contributed by atoms with Gasteiger partial charge in [0.05, 0.1) is 15.2 Å². The monoisotopic (exact) mass is 388 g/mol. The predicted octanol–water partition coefficient (Wildman–Crippen LogP) is 4.21. The first-order valence-electron chi connectivity index (χ1n) is 6.16. The number of hydrogen-bond donors (Lipinski definition) is 3. The van der Waals surface area contributed by atoms with Gasteiger partial charge in [0.15, 0.2) is 5.13 Å². The fourth-order valence-corrected chi connectivity index (χ4v) is 3.05. The molecule has 0 spiro atoms. The molecular weight excluding hydrogens is 376 g/mol. The number of nitrogens with zero attached hydrogens (tertiary/aromatic N) is 1. The van der Waals surface area contributed by atoms with Crippen LogP contribution >= 0.6 is 38.9 Å². The summed E-state index contributed by atoms with van der Waals surface area (Å²) in [4.78, 5) is 16.8. The van der Waals surface area contributed by atoms with E-state index in [4.69, 9.17) is 17.3 Å². The summed E-state index contributed by atoms with van der Waals surface area (Å²) in [6, 6.07) is 5.45. The zero-order valence-electron chi connectivity index (χ0n) is 11.4. The van der Waals surface area contributed by atoms with Crippen molar-refractivity contribution >= 4 is 61.4 Å². The molecule has 0 saturated heterocycles. The Morgan fingerprint density at radius 1 is 1.48 bits per heavy atom. The molecule has 0 aliphatic carbocycles. The molecule has 0 bridgehead atoms. The minimum Gasteiger partial charge on any atom is -0.382 e. The molecule has 0 saturated carbocycles. The Morgan fingerprint density at radius 3 is 2.86 bits per heavy atom. The van der Waals surface area contributed by atoms with Gasteiger partial charge in [-0.05, 0) is 41.9 Å². The van der Waals surface area contributed by atoms with Crippen LogP contribution in [0.3, 0.4) is 0 Å². The molecule has 0 aliphatic rings. The third kappa shape index (κ3) is 3.87. The number of nitrogens with one attached hydrogen (secondary N) is 2. The molecule has 0 atom stereocenters. The highest BCUT2D eigenvalue weighted by Crippen LogP contribution is 2.32. The lowest BCUT2D eigenvalue weighted by molar-refractivity contribution is 0.103. The number of anilines is 3. The Bertz CT molecular complexity index is 674. The van der Waals surface area contributed by atoms with E-state index in [1.54, 1.807) is 18.2 Å². The molecule has 112 valence electrons. The second kappa shape index (κ2) is 6.64.